The van der Waals surface area contributed by atoms with Crippen molar-refractivity contribution in [2.45, 2.75) is 25.4 Å². The molecule has 3 heterocycles. The summed E-state index contributed by atoms with van der Waals surface area (Å²) in [7, 11) is 0. The number of carbonyl (C=O) groups excluding carboxylic acids is 1. The maximum absolute atomic E-state index is 13.1. The minimum atomic E-state index is -0.260. The number of carbonyl (C=O) groups is 1. The molecule has 1 fully saturated rings. The summed E-state index contributed by atoms with van der Waals surface area (Å²) >= 11 is 0. The van der Waals surface area contributed by atoms with Crippen LogP contribution in [0.2, 0.25) is 0 Å². The van der Waals surface area contributed by atoms with Crippen LogP contribution >= 0.6 is 0 Å². The number of amides is 1. The van der Waals surface area contributed by atoms with E-state index in [1.807, 2.05) is 29.2 Å². The Morgan fingerprint density at radius 2 is 2.21 bits per heavy atom. The van der Waals surface area contributed by atoms with E-state index in [4.69, 9.17) is 0 Å². The van der Waals surface area contributed by atoms with Crippen LogP contribution in [0.25, 0.3) is 10.9 Å². The van der Waals surface area contributed by atoms with Gasteiger partial charge in [-0.05, 0) is 18.9 Å². The lowest BCUT2D eigenvalue weighted by molar-refractivity contribution is 0.0723. The SMILES string of the molecule is O=C(c1cc(=O)[nH]c2ccccc12)N1CCCC1Cn1cncn1. The molecule has 1 aromatic carbocycles. The molecule has 4 rings (SSSR count). The first-order valence-corrected chi connectivity index (χ1v) is 7.98. The lowest BCUT2D eigenvalue weighted by Crippen LogP contribution is -2.38. The molecule has 24 heavy (non-hydrogen) atoms. The Kier molecular flexibility index (Phi) is 3.60. The molecule has 0 aliphatic carbocycles. The molecule has 3 aromatic rings. The molecule has 1 N–H and O–H groups in total. The number of aromatic nitrogens is 4. The molecule has 0 saturated carbocycles. The van der Waals surface area contributed by atoms with E-state index in [9.17, 15) is 9.59 Å². The van der Waals surface area contributed by atoms with E-state index in [-0.39, 0.29) is 17.5 Å². The van der Waals surface area contributed by atoms with E-state index in [2.05, 4.69) is 15.1 Å². The molecule has 122 valence electrons. The molecule has 1 aliphatic rings. The Labute approximate surface area is 137 Å². The summed E-state index contributed by atoms with van der Waals surface area (Å²) in [6.45, 7) is 1.31. The van der Waals surface area contributed by atoms with Gasteiger partial charge in [0, 0.05) is 23.5 Å². The number of fused-ring (bicyclic) bond motifs is 1. The van der Waals surface area contributed by atoms with Crippen molar-refractivity contribution >= 4 is 16.8 Å². The van der Waals surface area contributed by atoms with Crippen molar-refractivity contribution in [3.8, 4) is 0 Å². The van der Waals surface area contributed by atoms with E-state index < -0.39 is 0 Å². The molecule has 1 saturated heterocycles. The first kappa shape index (κ1) is 14.6. The van der Waals surface area contributed by atoms with Gasteiger partial charge in [0.2, 0.25) is 5.56 Å². The second-order valence-corrected chi connectivity index (χ2v) is 6.00. The predicted molar refractivity (Wildman–Crippen MR) is 88.6 cm³/mol. The highest BCUT2D eigenvalue weighted by Crippen LogP contribution is 2.24. The van der Waals surface area contributed by atoms with Gasteiger partial charge in [0.15, 0.2) is 0 Å². The smallest absolute Gasteiger partial charge is 0.255 e. The Hall–Kier alpha value is -2.96. The molecule has 1 aliphatic heterocycles. The van der Waals surface area contributed by atoms with Gasteiger partial charge in [-0.3, -0.25) is 14.3 Å². The van der Waals surface area contributed by atoms with Gasteiger partial charge in [0.05, 0.1) is 18.2 Å². The number of hydrogen-bond donors (Lipinski definition) is 1. The number of H-pyrrole nitrogens is 1. The number of likely N-dealkylation sites (tertiary alicyclic amines) is 1. The summed E-state index contributed by atoms with van der Waals surface area (Å²) in [6, 6.07) is 8.85. The van der Waals surface area contributed by atoms with Crippen LogP contribution in [0.3, 0.4) is 0 Å². The third-order valence-corrected chi connectivity index (χ3v) is 4.48. The van der Waals surface area contributed by atoms with Crippen molar-refractivity contribution in [3.63, 3.8) is 0 Å². The van der Waals surface area contributed by atoms with Crippen LogP contribution in [0, 0.1) is 0 Å². The topological polar surface area (TPSA) is 83.9 Å². The second-order valence-electron chi connectivity index (χ2n) is 6.00. The Morgan fingerprint density at radius 1 is 1.33 bits per heavy atom. The van der Waals surface area contributed by atoms with Crippen LogP contribution in [0.15, 0.2) is 47.8 Å². The summed E-state index contributed by atoms with van der Waals surface area (Å²) < 4.78 is 1.74. The molecule has 0 bridgehead atoms. The van der Waals surface area contributed by atoms with Gasteiger partial charge in [-0.2, -0.15) is 5.10 Å². The lowest BCUT2D eigenvalue weighted by atomic mass is 10.1. The summed E-state index contributed by atoms with van der Waals surface area (Å²) in [6.07, 6.45) is 5.02. The van der Waals surface area contributed by atoms with Gasteiger partial charge in [-0.25, -0.2) is 4.98 Å². The van der Waals surface area contributed by atoms with Gasteiger partial charge in [0.25, 0.3) is 5.91 Å². The third kappa shape index (κ3) is 2.58. The number of pyridine rings is 1. The number of aromatic amines is 1. The van der Waals surface area contributed by atoms with E-state index in [0.717, 1.165) is 18.2 Å². The standard InChI is InChI=1S/C17H17N5O2/c23-16-8-14(13-5-1-2-6-15(13)20-16)17(24)22-7-3-4-12(22)9-21-11-18-10-19-21/h1-2,5-6,8,10-12H,3-4,7,9H2,(H,20,23). The van der Waals surface area contributed by atoms with E-state index >= 15 is 0 Å². The van der Waals surface area contributed by atoms with Crippen LogP contribution in [-0.2, 0) is 6.54 Å². The summed E-state index contributed by atoms with van der Waals surface area (Å²) in [5.41, 5.74) is 0.879. The number of nitrogens with one attached hydrogen (secondary N) is 1. The summed E-state index contributed by atoms with van der Waals surface area (Å²) in [5, 5.41) is 4.89. The molecule has 1 unspecified atom stereocenters. The fourth-order valence-corrected chi connectivity index (χ4v) is 3.37. The predicted octanol–water partition coefficient (Wildman–Crippen LogP) is 1.42. The largest absolute Gasteiger partial charge is 0.334 e. The maximum atomic E-state index is 13.1. The molecule has 1 amide bonds. The Balaban J connectivity index is 1.69. The van der Waals surface area contributed by atoms with Crippen LogP contribution in [0.4, 0.5) is 0 Å². The Morgan fingerprint density at radius 3 is 3.04 bits per heavy atom. The number of hydrogen-bond acceptors (Lipinski definition) is 4. The zero-order chi connectivity index (χ0) is 16.5. The molecule has 1 atom stereocenters. The minimum Gasteiger partial charge on any atom is -0.334 e. The van der Waals surface area contributed by atoms with Crippen LogP contribution in [0.5, 0.6) is 0 Å². The highest BCUT2D eigenvalue weighted by Gasteiger charge is 2.30. The third-order valence-electron chi connectivity index (χ3n) is 4.48. The average Bonchev–Trinajstić information content (AvgIpc) is 3.26. The second kappa shape index (κ2) is 5.92. The highest BCUT2D eigenvalue weighted by atomic mass is 16.2. The zero-order valence-electron chi connectivity index (χ0n) is 13.1. The minimum absolute atomic E-state index is 0.0669. The van der Waals surface area contributed by atoms with Crippen LogP contribution in [-0.4, -0.2) is 43.1 Å². The molecule has 7 heteroatoms. The monoisotopic (exact) mass is 323 g/mol. The summed E-state index contributed by atoms with van der Waals surface area (Å²) in [5.74, 6) is -0.0973. The molecule has 0 spiro atoms. The van der Waals surface area contributed by atoms with Crippen molar-refractivity contribution in [1.29, 1.82) is 0 Å². The number of nitrogens with zero attached hydrogens (tertiary/aromatic N) is 4. The quantitative estimate of drug-likeness (QED) is 0.790. The molecule has 7 nitrogen and oxygen atoms in total. The van der Waals surface area contributed by atoms with Gasteiger partial charge in [-0.1, -0.05) is 18.2 Å². The first-order valence-electron chi connectivity index (χ1n) is 7.98. The van der Waals surface area contributed by atoms with Crippen molar-refractivity contribution in [3.05, 3.63) is 58.9 Å². The zero-order valence-corrected chi connectivity index (χ0v) is 13.1. The number of benzene rings is 1. The van der Waals surface area contributed by atoms with Crippen molar-refractivity contribution < 1.29 is 4.79 Å². The van der Waals surface area contributed by atoms with Crippen LogP contribution < -0.4 is 5.56 Å². The lowest BCUT2D eigenvalue weighted by Gasteiger charge is -2.25. The molecular weight excluding hydrogens is 306 g/mol. The number of para-hydroxylation sites is 1. The van der Waals surface area contributed by atoms with Crippen molar-refractivity contribution in [2.24, 2.45) is 0 Å². The van der Waals surface area contributed by atoms with Gasteiger partial charge in [0.1, 0.15) is 12.7 Å². The van der Waals surface area contributed by atoms with E-state index in [1.54, 1.807) is 11.0 Å². The fourth-order valence-electron chi connectivity index (χ4n) is 3.37. The van der Waals surface area contributed by atoms with Gasteiger partial charge >= 0.3 is 0 Å². The van der Waals surface area contributed by atoms with Gasteiger partial charge in [-0.15, -0.1) is 0 Å². The van der Waals surface area contributed by atoms with E-state index in [0.29, 0.717) is 24.2 Å². The van der Waals surface area contributed by atoms with Crippen molar-refractivity contribution in [2.75, 3.05) is 6.54 Å². The van der Waals surface area contributed by atoms with Gasteiger partial charge < -0.3 is 9.88 Å². The average molecular weight is 323 g/mol. The highest BCUT2D eigenvalue weighted by molar-refractivity contribution is 6.06. The molecule has 2 aromatic heterocycles. The number of rotatable bonds is 3. The molecular formula is C17H17N5O2. The van der Waals surface area contributed by atoms with Crippen LogP contribution in [0.1, 0.15) is 23.2 Å². The fraction of sp³-hybridized carbons (Fsp3) is 0.294. The first-order chi connectivity index (χ1) is 11.7. The molecule has 0 radical (unpaired) electrons. The Bertz CT molecular complexity index is 932. The normalized spacial score (nSPS) is 17.5. The summed E-state index contributed by atoms with van der Waals surface area (Å²) in [4.78, 5) is 33.6. The van der Waals surface area contributed by atoms with E-state index in [1.165, 1.54) is 12.4 Å². The van der Waals surface area contributed by atoms with Crippen molar-refractivity contribution in [1.82, 2.24) is 24.6 Å². The maximum Gasteiger partial charge on any atom is 0.255 e.